The van der Waals surface area contributed by atoms with E-state index in [9.17, 15) is 23.1 Å². The van der Waals surface area contributed by atoms with Crippen LogP contribution < -0.4 is 9.80 Å². The average Bonchev–Trinajstić information content (AvgIpc) is 2.95. The SMILES string of the molecule is C[C@]1(c2cccc(C(F)(F)F)c2)C(O)N(c2ccc(Cl)cc2)C(=O)N1c1ccc(Cl)cc1. The van der Waals surface area contributed by atoms with E-state index >= 15 is 0 Å². The molecule has 1 N–H and O–H groups in total. The second kappa shape index (κ2) is 7.99. The summed E-state index contributed by atoms with van der Waals surface area (Å²) in [6, 6.07) is 16.5. The van der Waals surface area contributed by atoms with Crippen LogP contribution in [0.25, 0.3) is 0 Å². The van der Waals surface area contributed by atoms with Gasteiger partial charge in [0.15, 0.2) is 6.23 Å². The highest BCUT2D eigenvalue weighted by atomic mass is 35.5. The first kappa shape index (κ1) is 22.5. The number of nitrogens with zero attached hydrogens (tertiary/aromatic N) is 2. The summed E-state index contributed by atoms with van der Waals surface area (Å²) in [7, 11) is 0. The number of urea groups is 1. The van der Waals surface area contributed by atoms with E-state index in [4.69, 9.17) is 23.2 Å². The Labute approximate surface area is 192 Å². The van der Waals surface area contributed by atoms with E-state index in [0.717, 1.165) is 17.0 Å². The van der Waals surface area contributed by atoms with Crippen molar-refractivity contribution in [2.24, 2.45) is 0 Å². The highest BCUT2D eigenvalue weighted by molar-refractivity contribution is 6.31. The predicted octanol–water partition coefficient (Wildman–Crippen LogP) is 6.69. The number of amides is 2. The third-order valence-corrected chi connectivity index (χ3v) is 6.08. The van der Waals surface area contributed by atoms with Crippen LogP contribution in [0.15, 0.2) is 72.8 Å². The molecule has 1 heterocycles. The largest absolute Gasteiger partial charge is 0.416 e. The molecule has 3 aromatic carbocycles. The number of aliphatic hydroxyl groups is 1. The van der Waals surface area contributed by atoms with Crippen LogP contribution in [0, 0.1) is 0 Å². The summed E-state index contributed by atoms with van der Waals surface area (Å²) < 4.78 is 40.3. The van der Waals surface area contributed by atoms with Crippen LogP contribution in [-0.2, 0) is 11.7 Å². The molecule has 1 fully saturated rings. The van der Waals surface area contributed by atoms with E-state index in [1.54, 1.807) is 48.5 Å². The van der Waals surface area contributed by atoms with Gasteiger partial charge in [0.2, 0.25) is 0 Å². The molecule has 4 nitrogen and oxygen atoms in total. The Morgan fingerprint density at radius 3 is 1.97 bits per heavy atom. The number of hydrogen-bond acceptors (Lipinski definition) is 2. The van der Waals surface area contributed by atoms with Gasteiger partial charge in [0, 0.05) is 21.4 Å². The second-order valence-electron chi connectivity index (χ2n) is 7.54. The van der Waals surface area contributed by atoms with Crippen molar-refractivity contribution in [2.75, 3.05) is 9.80 Å². The Morgan fingerprint density at radius 2 is 1.44 bits per heavy atom. The summed E-state index contributed by atoms with van der Waals surface area (Å²) >= 11 is 11.9. The van der Waals surface area contributed by atoms with Crippen molar-refractivity contribution in [1.82, 2.24) is 0 Å². The lowest BCUT2D eigenvalue weighted by molar-refractivity contribution is -0.137. The van der Waals surface area contributed by atoms with E-state index < -0.39 is 29.5 Å². The highest BCUT2D eigenvalue weighted by Gasteiger charge is 2.56. The number of aliphatic hydroxyl groups excluding tert-OH is 1. The highest BCUT2D eigenvalue weighted by Crippen LogP contribution is 2.46. The van der Waals surface area contributed by atoms with Crippen molar-refractivity contribution in [3.63, 3.8) is 0 Å². The molecule has 2 amide bonds. The molecule has 1 aliphatic heterocycles. The van der Waals surface area contributed by atoms with Gasteiger partial charge in [0.1, 0.15) is 5.54 Å². The van der Waals surface area contributed by atoms with Crippen LogP contribution in [0.3, 0.4) is 0 Å². The molecule has 32 heavy (non-hydrogen) atoms. The Morgan fingerprint density at radius 1 is 0.906 bits per heavy atom. The molecule has 0 radical (unpaired) electrons. The Kier molecular flexibility index (Phi) is 5.61. The minimum absolute atomic E-state index is 0.125. The Hall–Kier alpha value is -2.74. The quantitative estimate of drug-likeness (QED) is 0.453. The monoisotopic (exact) mass is 480 g/mol. The van der Waals surface area contributed by atoms with E-state index in [0.29, 0.717) is 21.4 Å². The van der Waals surface area contributed by atoms with Gasteiger partial charge in [-0.25, -0.2) is 4.79 Å². The molecule has 1 unspecified atom stereocenters. The molecule has 0 bridgehead atoms. The first-order valence-corrected chi connectivity index (χ1v) is 10.3. The summed E-state index contributed by atoms with van der Waals surface area (Å²) in [5.74, 6) is 0. The van der Waals surface area contributed by atoms with Gasteiger partial charge >= 0.3 is 12.2 Å². The molecule has 0 spiro atoms. The molecule has 166 valence electrons. The van der Waals surface area contributed by atoms with Gasteiger partial charge in [0.05, 0.1) is 5.56 Å². The van der Waals surface area contributed by atoms with Gasteiger partial charge in [-0.1, -0.05) is 35.3 Å². The van der Waals surface area contributed by atoms with Crippen LogP contribution in [0.5, 0.6) is 0 Å². The average molecular weight is 481 g/mol. The lowest BCUT2D eigenvalue weighted by Crippen LogP contribution is -2.47. The summed E-state index contributed by atoms with van der Waals surface area (Å²) in [6.45, 7) is 1.52. The van der Waals surface area contributed by atoms with Crippen molar-refractivity contribution in [3.05, 3.63) is 94.0 Å². The van der Waals surface area contributed by atoms with Crippen molar-refractivity contribution in [3.8, 4) is 0 Å². The number of anilines is 2. The Balaban J connectivity index is 1.91. The number of hydrogen-bond donors (Lipinski definition) is 1. The van der Waals surface area contributed by atoms with E-state index in [-0.39, 0.29) is 5.56 Å². The smallest absolute Gasteiger partial charge is 0.370 e. The summed E-state index contributed by atoms with van der Waals surface area (Å²) in [5.41, 5.74) is -1.58. The van der Waals surface area contributed by atoms with Crippen LogP contribution in [0.2, 0.25) is 10.0 Å². The lowest BCUT2D eigenvalue weighted by atomic mass is 9.87. The van der Waals surface area contributed by atoms with Gasteiger partial charge in [-0.05, 0) is 73.2 Å². The zero-order valence-corrected chi connectivity index (χ0v) is 18.2. The van der Waals surface area contributed by atoms with Gasteiger partial charge in [-0.3, -0.25) is 9.80 Å². The maximum atomic E-state index is 13.6. The van der Waals surface area contributed by atoms with Crippen LogP contribution in [-0.4, -0.2) is 17.4 Å². The number of halogens is 5. The molecule has 0 aromatic heterocycles. The molecular weight excluding hydrogens is 464 g/mol. The fourth-order valence-electron chi connectivity index (χ4n) is 3.89. The van der Waals surface area contributed by atoms with Crippen molar-refractivity contribution >= 4 is 40.6 Å². The third-order valence-electron chi connectivity index (χ3n) is 5.57. The lowest BCUT2D eigenvalue weighted by Gasteiger charge is -2.36. The van der Waals surface area contributed by atoms with E-state index in [1.165, 1.54) is 24.0 Å². The predicted molar refractivity (Wildman–Crippen MR) is 118 cm³/mol. The maximum Gasteiger partial charge on any atom is 0.416 e. The number of rotatable bonds is 3. The number of benzene rings is 3. The molecule has 4 rings (SSSR count). The third kappa shape index (κ3) is 3.70. The van der Waals surface area contributed by atoms with E-state index in [1.807, 2.05) is 0 Å². The van der Waals surface area contributed by atoms with E-state index in [2.05, 4.69) is 0 Å². The molecule has 1 aliphatic rings. The fraction of sp³-hybridized carbons (Fsp3) is 0.174. The molecule has 0 aliphatic carbocycles. The second-order valence-corrected chi connectivity index (χ2v) is 8.41. The van der Waals surface area contributed by atoms with Gasteiger partial charge in [0.25, 0.3) is 0 Å². The molecular formula is C23H17Cl2F3N2O2. The van der Waals surface area contributed by atoms with Crippen LogP contribution >= 0.6 is 23.2 Å². The minimum Gasteiger partial charge on any atom is -0.370 e. The Bertz CT molecular complexity index is 1150. The number of carbonyl (C=O) groups is 1. The molecule has 0 saturated carbocycles. The minimum atomic E-state index is -4.58. The molecule has 2 atom stereocenters. The number of carbonyl (C=O) groups excluding carboxylic acids is 1. The first-order chi connectivity index (χ1) is 15.0. The first-order valence-electron chi connectivity index (χ1n) is 9.54. The summed E-state index contributed by atoms with van der Waals surface area (Å²) in [5, 5.41) is 12.2. The zero-order valence-electron chi connectivity index (χ0n) is 16.6. The summed E-state index contributed by atoms with van der Waals surface area (Å²) in [4.78, 5) is 16.0. The van der Waals surface area contributed by atoms with Crippen molar-refractivity contribution in [1.29, 1.82) is 0 Å². The molecule has 9 heteroatoms. The number of alkyl halides is 3. The van der Waals surface area contributed by atoms with Crippen LogP contribution in [0.1, 0.15) is 18.1 Å². The normalized spacial score (nSPS) is 21.3. The standard InChI is InChI=1S/C23H17Cl2F3N2O2/c1-22(14-3-2-4-15(13-14)23(26,27)28)20(31)29(18-9-5-16(24)6-10-18)21(32)30(22)19-11-7-17(25)8-12-19/h2-13,20,31H,1H3/t20?,22-/m0/s1. The van der Waals surface area contributed by atoms with Gasteiger partial charge in [-0.2, -0.15) is 13.2 Å². The van der Waals surface area contributed by atoms with Gasteiger partial charge < -0.3 is 5.11 Å². The molecule has 3 aromatic rings. The van der Waals surface area contributed by atoms with Gasteiger partial charge in [-0.15, -0.1) is 0 Å². The van der Waals surface area contributed by atoms with Crippen molar-refractivity contribution in [2.45, 2.75) is 24.9 Å². The summed E-state index contributed by atoms with van der Waals surface area (Å²) in [6.07, 6.45) is -6.09. The van der Waals surface area contributed by atoms with Crippen LogP contribution in [0.4, 0.5) is 29.3 Å². The fourth-order valence-corrected chi connectivity index (χ4v) is 4.14. The topological polar surface area (TPSA) is 43.8 Å². The zero-order chi connectivity index (χ0) is 23.3. The maximum absolute atomic E-state index is 13.6. The molecule has 1 saturated heterocycles. The van der Waals surface area contributed by atoms with Crippen molar-refractivity contribution < 1.29 is 23.1 Å².